The maximum Gasteiger partial charge on any atom is 0.0449 e. The molecule has 2 aromatic rings. The first-order chi connectivity index (χ1) is 9.15. The minimum absolute atomic E-state index is 0.657. The number of thioether (sulfide) groups is 1. The van der Waals surface area contributed by atoms with Crippen molar-refractivity contribution in [2.24, 2.45) is 0 Å². The van der Waals surface area contributed by atoms with Gasteiger partial charge in [0.1, 0.15) is 0 Å². The van der Waals surface area contributed by atoms with Crippen molar-refractivity contribution in [1.29, 1.82) is 0 Å². The van der Waals surface area contributed by atoms with Crippen molar-refractivity contribution < 1.29 is 0 Å². The molecule has 0 nitrogen and oxygen atoms in total. The lowest BCUT2D eigenvalue weighted by atomic mass is 10.1. The van der Waals surface area contributed by atoms with Crippen LogP contribution in [0.4, 0.5) is 0 Å². The third kappa shape index (κ3) is 3.41. The Hall–Kier alpha value is -0.770. The minimum atomic E-state index is 0.657. The van der Waals surface area contributed by atoms with Crippen molar-refractivity contribution in [3.05, 3.63) is 52.6 Å². The van der Waals surface area contributed by atoms with Crippen molar-refractivity contribution in [2.45, 2.75) is 26.2 Å². The fourth-order valence-corrected chi connectivity index (χ4v) is 4.49. The zero-order valence-corrected chi connectivity index (χ0v) is 13.8. The normalized spacial score (nSPS) is 12.3. The van der Waals surface area contributed by atoms with E-state index in [0.717, 1.165) is 4.91 Å². The maximum atomic E-state index is 4.07. The molecule has 0 saturated heterocycles. The highest BCUT2D eigenvalue weighted by Crippen LogP contribution is 2.40. The molecule has 0 aliphatic carbocycles. The summed E-state index contributed by atoms with van der Waals surface area (Å²) in [6.45, 7) is 12.3. The fraction of sp³-hybridized carbons (Fsp3) is 0.250. The lowest BCUT2D eigenvalue weighted by Crippen LogP contribution is -1.84. The van der Waals surface area contributed by atoms with E-state index in [1.165, 1.54) is 25.9 Å². The highest BCUT2D eigenvalue weighted by atomic mass is 32.2. The van der Waals surface area contributed by atoms with Crippen molar-refractivity contribution in [3.8, 4) is 9.75 Å². The molecule has 3 heteroatoms. The van der Waals surface area contributed by atoms with E-state index >= 15 is 0 Å². The fourth-order valence-electron chi connectivity index (χ4n) is 1.73. The van der Waals surface area contributed by atoms with Crippen LogP contribution >= 0.6 is 34.4 Å². The third-order valence-corrected chi connectivity index (χ3v) is 6.53. The summed E-state index contributed by atoms with van der Waals surface area (Å²) < 4.78 is 0. The van der Waals surface area contributed by atoms with Gasteiger partial charge in [0.05, 0.1) is 0 Å². The van der Waals surface area contributed by atoms with Gasteiger partial charge in [-0.25, -0.2) is 0 Å². The van der Waals surface area contributed by atoms with Crippen LogP contribution in [-0.4, -0.2) is 0 Å². The molecule has 0 fully saturated rings. The van der Waals surface area contributed by atoms with Crippen LogP contribution in [0.25, 0.3) is 14.7 Å². The largest absolute Gasteiger partial charge is 0.139 e. The predicted octanol–water partition coefficient (Wildman–Crippen LogP) is 6.84. The van der Waals surface area contributed by atoms with E-state index in [2.05, 4.69) is 51.3 Å². The van der Waals surface area contributed by atoms with Crippen LogP contribution in [0.3, 0.4) is 0 Å². The molecular formula is C16H18S3. The summed E-state index contributed by atoms with van der Waals surface area (Å²) >= 11 is 5.31. The summed E-state index contributed by atoms with van der Waals surface area (Å²) in [7, 11) is 0. The van der Waals surface area contributed by atoms with Crippen molar-refractivity contribution in [2.75, 3.05) is 0 Å². The van der Waals surface area contributed by atoms with Crippen LogP contribution in [-0.2, 0) is 0 Å². The molecule has 0 amide bonds. The molecule has 100 valence electrons. The van der Waals surface area contributed by atoms with Crippen LogP contribution in [0.5, 0.6) is 0 Å². The number of rotatable bonds is 6. The lowest BCUT2D eigenvalue weighted by Gasteiger charge is -2.03. The van der Waals surface area contributed by atoms with Crippen LogP contribution in [0.15, 0.2) is 42.8 Å². The molecule has 19 heavy (non-hydrogen) atoms. The van der Waals surface area contributed by atoms with Gasteiger partial charge in [-0.3, -0.25) is 0 Å². The van der Waals surface area contributed by atoms with Gasteiger partial charge < -0.3 is 0 Å². The Morgan fingerprint density at radius 2 is 1.95 bits per heavy atom. The molecule has 0 radical (unpaired) electrons. The molecular weight excluding hydrogens is 288 g/mol. The van der Waals surface area contributed by atoms with E-state index in [1.807, 2.05) is 28.1 Å². The number of hydrogen-bond donors (Lipinski definition) is 0. The molecule has 2 heterocycles. The van der Waals surface area contributed by atoms with E-state index in [0.29, 0.717) is 5.92 Å². The first-order valence-corrected chi connectivity index (χ1v) is 8.83. The molecule has 0 N–H and O–H groups in total. The standard InChI is InChI=1S/C16H18S3/c1-5-11(3)13-7-9-15(18-13)16-10-8-14(19-16)12(4)17-6-2/h6-11H,2,4-5H2,1,3H3. The van der Waals surface area contributed by atoms with Gasteiger partial charge in [-0.05, 0) is 42.0 Å². The van der Waals surface area contributed by atoms with E-state index in [4.69, 9.17) is 0 Å². The smallest absolute Gasteiger partial charge is 0.0449 e. The summed E-state index contributed by atoms with van der Waals surface area (Å²) in [5.41, 5.74) is 0. The molecule has 0 spiro atoms. The Labute approximate surface area is 127 Å². The SMILES string of the molecule is C=CSC(=C)c1ccc(-c2ccc(C(C)CC)s2)s1. The highest BCUT2D eigenvalue weighted by molar-refractivity contribution is 8.11. The first-order valence-electron chi connectivity index (χ1n) is 6.32. The van der Waals surface area contributed by atoms with Crippen molar-refractivity contribution >= 4 is 39.3 Å². The molecule has 1 atom stereocenters. The summed E-state index contributed by atoms with van der Waals surface area (Å²) in [6, 6.07) is 8.86. The van der Waals surface area contributed by atoms with Crippen LogP contribution in [0, 0.1) is 0 Å². The summed E-state index contributed by atoms with van der Waals surface area (Å²) in [5.74, 6) is 0.657. The molecule has 0 bridgehead atoms. The van der Waals surface area contributed by atoms with Gasteiger partial charge in [-0.15, -0.1) is 22.7 Å². The molecule has 0 saturated carbocycles. The third-order valence-electron chi connectivity index (χ3n) is 3.07. The van der Waals surface area contributed by atoms with Gasteiger partial charge in [0, 0.05) is 24.4 Å². The van der Waals surface area contributed by atoms with E-state index in [-0.39, 0.29) is 0 Å². The topological polar surface area (TPSA) is 0 Å². The monoisotopic (exact) mass is 306 g/mol. The van der Waals surface area contributed by atoms with E-state index in [1.54, 1.807) is 11.8 Å². The van der Waals surface area contributed by atoms with Gasteiger partial charge in [0.25, 0.3) is 0 Å². The molecule has 0 aliphatic heterocycles. The van der Waals surface area contributed by atoms with Crippen LogP contribution in [0.2, 0.25) is 0 Å². The maximum absolute atomic E-state index is 4.07. The zero-order chi connectivity index (χ0) is 13.8. The Balaban J connectivity index is 2.20. The predicted molar refractivity (Wildman–Crippen MR) is 93.2 cm³/mol. The minimum Gasteiger partial charge on any atom is -0.139 e. The van der Waals surface area contributed by atoms with Crippen LogP contribution < -0.4 is 0 Å². The van der Waals surface area contributed by atoms with Crippen LogP contribution in [0.1, 0.15) is 35.9 Å². The molecule has 0 aliphatic rings. The second-order valence-corrected chi connectivity index (χ2v) is 7.64. The number of hydrogen-bond acceptors (Lipinski definition) is 3. The quantitative estimate of drug-likeness (QED) is 0.563. The summed E-state index contributed by atoms with van der Waals surface area (Å²) in [6.07, 6.45) is 1.20. The van der Waals surface area contributed by atoms with Gasteiger partial charge in [0.15, 0.2) is 0 Å². The van der Waals surface area contributed by atoms with Gasteiger partial charge >= 0.3 is 0 Å². The Kier molecular flexibility index (Phi) is 5.08. The molecule has 0 aromatic carbocycles. The highest BCUT2D eigenvalue weighted by Gasteiger charge is 2.10. The Morgan fingerprint density at radius 3 is 2.63 bits per heavy atom. The Morgan fingerprint density at radius 1 is 1.26 bits per heavy atom. The second-order valence-electron chi connectivity index (χ2n) is 4.38. The molecule has 1 unspecified atom stereocenters. The first kappa shape index (κ1) is 14.6. The van der Waals surface area contributed by atoms with E-state index < -0.39 is 0 Å². The summed E-state index contributed by atoms with van der Waals surface area (Å²) in [4.78, 5) is 6.48. The second kappa shape index (κ2) is 6.60. The molecule has 2 aromatic heterocycles. The van der Waals surface area contributed by atoms with E-state index in [9.17, 15) is 0 Å². The average molecular weight is 307 g/mol. The lowest BCUT2D eigenvalue weighted by molar-refractivity contribution is 0.748. The average Bonchev–Trinajstić information content (AvgIpc) is 3.06. The van der Waals surface area contributed by atoms with Gasteiger partial charge in [-0.1, -0.05) is 38.8 Å². The van der Waals surface area contributed by atoms with Crippen molar-refractivity contribution in [1.82, 2.24) is 0 Å². The summed E-state index contributed by atoms with van der Waals surface area (Å²) in [5, 5.41) is 1.83. The van der Waals surface area contributed by atoms with Gasteiger partial charge in [0.2, 0.25) is 0 Å². The molecule has 2 rings (SSSR count). The number of thiophene rings is 2. The van der Waals surface area contributed by atoms with Gasteiger partial charge in [-0.2, -0.15) is 0 Å². The zero-order valence-electron chi connectivity index (χ0n) is 11.3. The van der Waals surface area contributed by atoms with Crippen molar-refractivity contribution in [3.63, 3.8) is 0 Å². The Bertz CT molecular complexity index is 574.